The van der Waals surface area contributed by atoms with Crippen molar-refractivity contribution in [1.82, 2.24) is 10.7 Å². The van der Waals surface area contributed by atoms with Crippen LogP contribution in [0, 0.1) is 16.7 Å². The Bertz CT molecular complexity index is 705. The van der Waals surface area contributed by atoms with E-state index in [0.29, 0.717) is 16.3 Å². The lowest BCUT2D eigenvalue weighted by Crippen LogP contribution is -2.43. The normalized spacial score (nSPS) is 20.3. The number of benzene rings is 1. The number of carbonyl (C=O) groups excluding carboxylic acids is 1. The topological polar surface area (TPSA) is 110 Å². The lowest BCUT2D eigenvalue weighted by molar-refractivity contribution is -0.115. The van der Waals surface area contributed by atoms with Gasteiger partial charge in [-0.05, 0) is 37.8 Å². The summed E-state index contributed by atoms with van der Waals surface area (Å²) in [4.78, 5) is 12.0. The molecule has 1 aliphatic rings. The third kappa shape index (κ3) is 5.19. The van der Waals surface area contributed by atoms with E-state index in [9.17, 15) is 4.79 Å². The van der Waals surface area contributed by atoms with Gasteiger partial charge in [0.15, 0.2) is 5.71 Å². The van der Waals surface area contributed by atoms with Crippen LogP contribution in [-0.4, -0.2) is 37.0 Å². The Morgan fingerprint density at radius 3 is 2.72 bits per heavy atom. The molecule has 1 aliphatic carbocycles. The molecular weight excluding hydrogens is 342 g/mol. The monoisotopic (exact) mass is 361 g/mol. The van der Waals surface area contributed by atoms with Crippen LogP contribution >= 0.6 is 11.6 Å². The number of hydrogen-bond acceptors (Lipinski definition) is 6. The van der Waals surface area contributed by atoms with Gasteiger partial charge in [0.25, 0.3) is 5.91 Å². The molecule has 0 unspecified atom stereocenters. The highest BCUT2D eigenvalue weighted by atomic mass is 35.5. The fraction of sp³-hybridized carbons (Fsp3) is 0.412. The van der Waals surface area contributed by atoms with Crippen molar-refractivity contribution < 1.29 is 9.53 Å². The minimum absolute atomic E-state index is 0.0407. The number of nitriles is 1. The average molecular weight is 362 g/mol. The Hall–Kier alpha value is -2.59. The van der Waals surface area contributed by atoms with Crippen LogP contribution in [0.1, 0.15) is 31.2 Å². The summed E-state index contributed by atoms with van der Waals surface area (Å²) >= 11 is 6.01. The Labute approximate surface area is 151 Å². The predicted octanol–water partition coefficient (Wildman–Crippen LogP) is 2.24. The summed E-state index contributed by atoms with van der Waals surface area (Å²) in [6, 6.07) is 7.09. The van der Waals surface area contributed by atoms with Gasteiger partial charge in [-0.3, -0.25) is 4.79 Å². The van der Waals surface area contributed by atoms with Crippen molar-refractivity contribution in [2.75, 3.05) is 7.05 Å². The van der Waals surface area contributed by atoms with Gasteiger partial charge in [-0.1, -0.05) is 11.6 Å². The molecule has 132 valence electrons. The maximum absolute atomic E-state index is 12.0. The predicted molar refractivity (Wildman–Crippen MR) is 96.3 cm³/mol. The fourth-order valence-electron chi connectivity index (χ4n) is 2.71. The maximum Gasteiger partial charge on any atom is 0.273 e. The van der Waals surface area contributed by atoms with Crippen molar-refractivity contribution in [1.29, 1.82) is 10.7 Å². The third-order valence-electron chi connectivity index (χ3n) is 3.97. The van der Waals surface area contributed by atoms with Crippen LogP contribution in [0.2, 0.25) is 5.02 Å². The van der Waals surface area contributed by atoms with Crippen molar-refractivity contribution >= 4 is 29.4 Å². The third-order valence-corrected chi connectivity index (χ3v) is 4.29. The molecule has 25 heavy (non-hydrogen) atoms. The van der Waals surface area contributed by atoms with Gasteiger partial charge in [-0.25, -0.2) is 0 Å². The number of ether oxygens (including phenoxy) is 1. The molecule has 1 amide bonds. The van der Waals surface area contributed by atoms with E-state index in [4.69, 9.17) is 27.0 Å². The summed E-state index contributed by atoms with van der Waals surface area (Å²) in [5.74, 6) is 0.288. The van der Waals surface area contributed by atoms with Crippen LogP contribution in [0.5, 0.6) is 5.75 Å². The van der Waals surface area contributed by atoms with Gasteiger partial charge in [0.05, 0.1) is 22.9 Å². The van der Waals surface area contributed by atoms with E-state index >= 15 is 0 Å². The summed E-state index contributed by atoms with van der Waals surface area (Å²) < 4.78 is 5.92. The van der Waals surface area contributed by atoms with Gasteiger partial charge < -0.3 is 20.9 Å². The zero-order valence-electron chi connectivity index (χ0n) is 13.9. The number of hydrogen-bond donors (Lipinski definition) is 3. The zero-order valence-corrected chi connectivity index (χ0v) is 14.6. The molecule has 8 heteroatoms. The molecule has 0 spiro atoms. The van der Waals surface area contributed by atoms with Crippen LogP contribution in [-0.2, 0) is 4.79 Å². The van der Waals surface area contributed by atoms with E-state index in [1.165, 1.54) is 0 Å². The minimum atomic E-state index is -0.354. The van der Waals surface area contributed by atoms with Crippen molar-refractivity contribution in [2.24, 2.45) is 5.10 Å². The molecule has 0 aromatic heterocycles. The number of amides is 1. The lowest BCUT2D eigenvalue weighted by Gasteiger charge is -2.29. The fourth-order valence-corrected chi connectivity index (χ4v) is 2.92. The summed E-state index contributed by atoms with van der Waals surface area (Å²) in [5, 5.41) is 23.1. The summed E-state index contributed by atoms with van der Waals surface area (Å²) in [6.45, 7) is 0. The van der Waals surface area contributed by atoms with Crippen LogP contribution < -0.4 is 15.5 Å². The molecule has 0 saturated heterocycles. The number of nitrogens with one attached hydrogen (secondary N) is 3. The highest BCUT2D eigenvalue weighted by molar-refractivity contribution is 6.60. The molecule has 0 heterocycles. The molecule has 2 rings (SSSR count). The number of carbonyl (C=O) groups is 1. The van der Waals surface area contributed by atoms with E-state index in [1.807, 2.05) is 6.07 Å². The highest BCUT2D eigenvalue weighted by Gasteiger charge is 2.24. The number of hydrazone groups is 1. The molecule has 1 saturated carbocycles. The number of rotatable bonds is 6. The van der Waals surface area contributed by atoms with E-state index < -0.39 is 0 Å². The molecule has 0 bridgehead atoms. The summed E-state index contributed by atoms with van der Waals surface area (Å²) in [6.07, 6.45) is 4.13. The van der Waals surface area contributed by atoms with Crippen LogP contribution in [0.3, 0.4) is 0 Å². The number of nitrogens with zero attached hydrogens (tertiary/aromatic N) is 2. The first kappa shape index (κ1) is 18.7. The zero-order chi connectivity index (χ0) is 18.2. The van der Waals surface area contributed by atoms with E-state index in [1.54, 1.807) is 25.2 Å². The number of halogens is 1. The smallest absolute Gasteiger partial charge is 0.273 e. The first-order valence-corrected chi connectivity index (χ1v) is 8.37. The molecule has 0 aliphatic heterocycles. The molecule has 1 aromatic rings. The van der Waals surface area contributed by atoms with Gasteiger partial charge in [0, 0.05) is 19.2 Å². The second-order valence-corrected chi connectivity index (χ2v) is 6.09. The second-order valence-electron chi connectivity index (χ2n) is 5.68. The Morgan fingerprint density at radius 2 is 2.16 bits per heavy atom. The van der Waals surface area contributed by atoms with Gasteiger partial charge in [0.1, 0.15) is 11.8 Å². The first-order valence-electron chi connectivity index (χ1n) is 7.99. The molecule has 0 radical (unpaired) electrons. The molecule has 7 nitrogen and oxygen atoms in total. The quantitative estimate of drug-likeness (QED) is 0.533. The molecule has 1 fully saturated rings. The van der Waals surface area contributed by atoms with Crippen molar-refractivity contribution in [2.45, 2.75) is 37.8 Å². The lowest BCUT2D eigenvalue weighted by atomic mass is 9.92. The minimum Gasteiger partial charge on any atom is -0.490 e. The largest absolute Gasteiger partial charge is 0.490 e. The van der Waals surface area contributed by atoms with Crippen molar-refractivity contribution in [3.8, 4) is 11.8 Å². The van der Waals surface area contributed by atoms with Crippen molar-refractivity contribution in [3.63, 3.8) is 0 Å². The average Bonchev–Trinajstić information content (AvgIpc) is 2.61. The molecular formula is C17H20ClN5O2. The maximum atomic E-state index is 12.0. The Morgan fingerprint density at radius 1 is 1.44 bits per heavy atom. The van der Waals surface area contributed by atoms with E-state index in [2.05, 4.69) is 15.8 Å². The second kappa shape index (κ2) is 9.04. The summed E-state index contributed by atoms with van der Waals surface area (Å²) in [7, 11) is 1.58. The van der Waals surface area contributed by atoms with Crippen LogP contribution in [0.15, 0.2) is 23.3 Å². The Kier molecular flexibility index (Phi) is 6.78. The van der Waals surface area contributed by atoms with Crippen LogP contribution in [0.4, 0.5) is 0 Å². The van der Waals surface area contributed by atoms with Gasteiger partial charge >= 0.3 is 0 Å². The molecule has 1 aromatic carbocycles. The standard InChI is InChI=1S/C17H20ClN5O2/c1-21-23-16(10-20)17(24)22-12-3-6-13(7-4-12)25-14-5-2-11(9-19)15(18)8-14/h2,5,8,10,12-13,20-21H,3-4,6-7H2,1H3,(H,22,24)/b20-10?,23-16+/t12-,13-. The summed E-state index contributed by atoms with van der Waals surface area (Å²) in [5.41, 5.74) is 2.98. The van der Waals surface area contributed by atoms with Gasteiger partial charge in [-0.15, -0.1) is 0 Å². The van der Waals surface area contributed by atoms with E-state index in [0.717, 1.165) is 31.9 Å². The SMILES string of the molecule is CN/N=C(\C=N)C(=O)N[C@H]1CC[C@H](Oc2ccc(C#N)c(Cl)c2)CC1. The first-order chi connectivity index (χ1) is 12.1. The van der Waals surface area contributed by atoms with Crippen LogP contribution in [0.25, 0.3) is 0 Å². The molecule has 3 N–H and O–H groups in total. The Balaban J connectivity index is 1.84. The molecule has 0 atom stereocenters. The van der Waals surface area contributed by atoms with Gasteiger partial charge in [0.2, 0.25) is 0 Å². The van der Waals surface area contributed by atoms with E-state index in [-0.39, 0.29) is 23.8 Å². The van der Waals surface area contributed by atoms with Crippen molar-refractivity contribution in [3.05, 3.63) is 28.8 Å². The highest BCUT2D eigenvalue weighted by Crippen LogP contribution is 2.27. The van der Waals surface area contributed by atoms with Gasteiger partial charge in [-0.2, -0.15) is 10.4 Å².